The molecule has 0 unspecified atom stereocenters. The van der Waals surface area contributed by atoms with E-state index in [1.54, 1.807) is 0 Å². The number of carbonyl (C=O) groups is 1. The summed E-state index contributed by atoms with van der Waals surface area (Å²) in [5, 5.41) is 2.73. The third-order valence-electron chi connectivity index (χ3n) is 5.14. The molecule has 0 aliphatic heterocycles. The lowest BCUT2D eigenvalue weighted by Gasteiger charge is -2.34. The van der Waals surface area contributed by atoms with Crippen LogP contribution in [0.1, 0.15) is 36.8 Å². The molecular formula is C19H22F3N3O. The second-order valence-corrected chi connectivity index (χ2v) is 7.04. The molecule has 3 rings (SSSR count). The van der Waals surface area contributed by atoms with Gasteiger partial charge in [0, 0.05) is 36.1 Å². The van der Waals surface area contributed by atoms with E-state index in [0.29, 0.717) is 11.6 Å². The van der Waals surface area contributed by atoms with E-state index in [4.69, 9.17) is 5.73 Å². The van der Waals surface area contributed by atoms with Gasteiger partial charge < -0.3 is 11.1 Å². The van der Waals surface area contributed by atoms with E-state index in [9.17, 15) is 18.0 Å². The number of nitrogens with one attached hydrogen (secondary N) is 1. The molecule has 0 heterocycles. The number of nitrogens with two attached hydrogens (primary N) is 1. The fourth-order valence-electron chi connectivity index (χ4n) is 3.43. The van der Waals surface area contributed by atoms with Crippen LogP contribution in [0.2, 0.25) is 0 Å². The molecule has 0 spiro atoms. The maximum Gasteiger partial charge on any atom is 0.417 e. The number of nitrogens with zero attached hydrogens (tertiary/aromatic N) is 1. The first-order valence-electron chi connectivity index (χ1n) is 8.70. The van der Waals surface area contributed by atoms with Crippen molar-refractivity contribution in [1.29, 1.82) is 0 Å². The Bertz CT molecular complexity index is 745. The molecule has 4 nitrogen and oxygen atoms in total. The van der Waals surface area contributed by atoms with Crippen LogP contribution in [0.3, 0.4) is 0 Å². The van der Waals surface area contributed by atoms with Crippen LogP contribution >= 0.6 is 0 Å². The fraction of sp³-hybridized carbons (Fsp3) is 0.474. The summed E-state index contributed by atoms with van der Waals surface area (Å²) in [6.45, 7) is 0. The summed E-state index contributed by atoms with van der Waals surface area (Å²) in [6, 6.07) is 3.48. The number of halogens is 3. The SMILES string of the molecule is CN=C/C=C(\N)c1cc(NC(=O)C2CC(C3CC3)C2)ccc1C(F)(F)F. The number of aliphatic imine (C=N–C) groups is 1. The van der Waals surface area contributed by atoms with Crippen LogP contribution in [-0.2, 0) is 11.0 Å². The quantitative estimate of drug-likeness (QED) is 0.772. The van der Waals surface area contributed by atoms with Gasteiger partial charge in [-0.3, -0.25) is 9.79 Å². The molecule has 7 heteroatoms. The second kappa shape index (κ2) is 7.13. The van der Waals surface area contributed by atoms with Crippen molar-refractivity contribution in [1.82, 2.24) is 0 Å². The van der Waals surface area contributed by atoms with E-state index in [1.165, 1.54) is 44.3 Å². The third kappa shape index (κ3) is 4.08. The van der Waals surface area contributed by atoms with Gasteiger partial charge in [-0.2, -0.15) is 13.2 Å². The molecule has 0 saturated heterocycles. The molecule has 1 amide bonds. The predicted octanol–water partition coefficient (Wildman–Crippen LogP) is 4.08. The third-order valence-corrected chi connectivity index (χ3v) is 5.14. The molecule has 3 N–H and O–H groups in total. The van der Waals surface area contributed by atoms with Gasteiger partial charge in [0.05, 0.1) is 5.56 Å². The van der Waals surface area contributed by atoms with E-state index in [1.807, 2.05) is 0 Å². The first-order valence-corrected chi connectivity index (χ1v) is 8.70. The van der Waals surface area contributed by atoms with Gasteiger partial charge in [-0.25, -0.2) is 0 Å². The number of rotatable bonds is 5. The molecule has 140 valence electrons. The minimum Gasteiger partial charge on any atom is -0.398 e. The van der Waals surface area contributed by atoms with Gasteiger partial charge in [-0.1, -0.05) is 0 Å². The standard InChI is InChI=1S/C19H22F3N3O/c1-24-7-6-17(23)15-10-14(4-5-16(15)19(20,21)22)25-18(26)13-8-12(9-13)11-2-3-11/h4-7,10-13H,2-3,8-9,23H2,1H3,(H,25,26)/b17-6-,24-7?. The van der Waals surface area contributed by atoms with Crippen molar-refractivity contribution in [3.8, 4) is 0 Å². The van der Waals surface area contributed by atoms with E-state index in [2.05, 4.69) is 10.3 Å². The molecule has 0 atom stereocenters. The van der Waals surface area contributed by atoms with Gasteiger partial charge in [0.25, 0.3) is 0 Å². The van der Waals surface area contributed by atoms with E-state index in [-0.39, 0.29) is 23.1 Å². The number of benzene rings is 1. The highest BCUT2D eigenvalue weighted by molar-refractivity contribution is 5.94. The van der Waals surface area contributed by atoms with E-state index in [0.717, 1.165) is 24.8 Å². The van der Waals surface area contributed by atoms with Crippen molar-refractivity contribution < 1.29 is 18.0 Å². The minimum absolute atomic E-state index is 0.0496. The van der Waals surface area contributed by atoms with Gasteiger partial charge in [-0.15, -0.1) is 0 Å². The van der Waals surface area contributed by atoms with Crippen molar-refractivity contribution >= 4 is 23.5 Å². The van der Waals surface area contributed by atoms with Crippen LogP contribution in [-0.4, -0.2) is 19.2 Å². The molecule has 1 aromatic carbocycles. The van der Waals surface area contributed by atoms with Crippen LogP contribution in [0.5, 0.6) is 0 Å². The molecular weight excluding hydrogens is 343 g/mol. The highest BCUT2D eigenvalue weighted by atomic mass is 19.4. The van der Waals surface area contributed by atoms with Crippen LogP contribution in [0.25, 0.3) is 5.70 Å². The summed E-state index contributed by atoms with van der Waals surface area (Å²) < 4.78 is 39.7. The second-order valence-electron chi connectivity index (χ2n) is 7.04. The van der Waals surface area contributed by atoms with Crippen molar-refractivity contribution in [3.05, 3.63) is 35.4 Å². The lowest BCUT2D eigenvalue weighted by atomic mass is 9.72. The average Bonchev–Trinajstić information content (AvgIpc) is 3.34. The Kier molecular flexibility index (Phi) is 5.07. The van der Waals surface area contributed by atoms with Gasteiger partial charge in [-0.05, 0) is 61.8 Å². The molecule has 0 bridgehead atoms. The zero-order valence-electron chi connectivity index (χ0n) is 14.5. The lowest BCUT2D eigenvalue weighted by Crippen LogP contribution is -2.35. The first kappa shape index (κ1) is 18.5. The fourth-order valence-corrected chi connectivity index (χ4v) is 3.43. The molecule has 1 aromatic rings. The zero-order chi connectivity index (χ0) is 18.9. The highest BCUT2D eigenvalue weighted by Crippen LogP contribution is 2.49. The molecule has 0 aromatic heterocycles. The number of carbonyl (C=O) groups excluding carboxylic acids is 1. The van der Waals surface area contributed by atoms with Gasteiger partial charge >= 0.3 is 6.18 Å². The van der Waals surface area contributed by atoms with Crippen molar-refractivity contribution in [3.63, 3.8) is 0 Å². The monoisotopic (exact) mass is 365 g/mol. The average molecular weight is 365 g/mol. The smallest absolute Gasteiger partial charge is 0.398 e. The maximum absolute atomic E-state index is 13.2. The van der Waals surface area contributed by atoms with E-state index < -0.39 is 11.7 Å². The van der Waals surface area contributed by atoms with Crippen molar-refractivity contribution in [2.75, 3.05) is 12.4 Å². The summed E-state index contributed by atoms with van der Waals surface area (Å²) in [4.78, 5) is 16.0. The van der Waals surface area contributed by atoms with Gasteiger partial charge in [0.15, 0.2) is 0 Å². The molecule has 2 saturated carbocycles. The predicted molar refractivity (Wildman–Crippen MR) is 95.6 cm³/mol. The summed E-state index contributed by atoms with van der Waals surface area (Å²) in [6.07, 6.45) is 2.36. The molecule has 26 heavy (non-hydrogen) atoms. The Morgan fingerprint density at radius 1 is 1.27 bits per heavy atom. The lowest BCUT2D eigenvalue weighted by molar-refractivity contribution is -0.137. The summed E-state index contributed by atoms with van der Waals surface area (Å²) in [7, 11) is 1.50. The molecule has 0 radical (unpaired) electrons. The number of hydrogen-bond donors (Lipinski definition) is 2. The number of hydrogen-bond acceptors (Lipinski definition) is 3. The van der Waals surface area contributed by atoms with Crippen LogP contribution < -0.4 is 11.1 Å². The Morgan fingerprint density at radius 2 is 1.96 bits per heavy atom. The Hall–Kier alpha value is -2.31. The zero-order valence-corrected chi connectivity index (χ0v) is 14.5. The van der Waals surface area contributed by atoms with Crippen LogP contribution in [0.15, 0.2) is 29.3 Å². The number of anilines is 1. The van der Waals surface area contributed by atoms with Gasteiger partial charge in [0.1, 0.15) is 0 Å². The minimum atomic E-state index is -4.54. The number of alkyl halides is 3. The maximum atomic E-state index is 13.2. The highest BCUT2D eigenvalue weighted by Gasteiger charge is 2.43. The Labute approximate surface area is 150 Å². The molecule has 2 aliphatic rings. The Morgan fingerprint density at radius 3 is 2.54 bits per heavy atom. The van der Waals surface area contributed by atoms with E-state index >= 15 is 0 Å². The first-order chi connectivity index (χ1) is 12.3. The van der Waals surface area contributed by atoms with Crippen molar-refractivity contribution in [2.24, 2.45) is 28.5 Å². The molecule has 2 aliphatic carbocycles. The summed E-state index contributed by atoms with van der Waals surface area (Å²) in [5.74, 6) is 1.24. The molecule has 2 fully saturated rings. The van der Waals surface area contributed by atoms with Crippen molar-refractivity contribution in [2.45, 2.75) is 31.9 Å². The largest absolute Gasteiger partial charge is 0.417 e. The number of amides is 1. The van der Waals surface area contributed by atoms with Crippen LogP contribution in [0.4, 0.5) is 18.9 Å². The topological polar surface area (TPSA) is 67.5 Å². The van der Waals surface area contributed by atoms with Crippen LogP contribution in [0, 0.1) is 17.8 Å². The normalized spacial score (nSPS) is 23.8. The van der Waals surface area contributed by atoms with Gasteiger partial charge in [0.2, 0.25) is 5.91 Å². The number of allylic oxidation sites excluding steroid dienone is 1. The Balaban J connectivity index is 1.76. The summed E-state index contributed by atoms with van der Waals surface area (Å²) >= 11 is 0. The summed E-state index contributed by atoms with van der Waals surface area (Å²) in [5.41, 5.74) is 5.04.